The fraction of sp³-hybridized carbons (Fsp3) is 0.235. The largest absolute Gasteiger partial charge is 0.506 e. The molecule has 1 aromatic carbocycles. The van der Waals surface area contributed by atoms with Gasteiger partial charge in [0.2, 0.25) is 5.91 Å². The van der Waals surface area contributed by atoms with E-state index in [1.807, 2.05) is 19.9 Å². The summed E-state index contributed by atoms with van der Waals surface area (Å²) >= 11 is 3.18. The Morgan fingerprint density at radius 2 is 2.12 bits per heavy atom. The van der Waals surface area contributed by atoms with Crippen LogP contribution in [0.2, 0.25) is 0 Å². The van der Waals surface area contributed by atoms with Gasteiger partial charge in [-0.15, -0.1) is 23.1 Å². The van der Waals surface area contributed by atoms with Crippen molar-refractivity contribution in [3.05, 3.63) is 41.0 Å². The summed E-state index contributed by atoms with van der Waals surface area (Å²) in [6.07, 6.45) is 1.90. The van der Waals surface area contributed by atoms with Crippen molar-refractivity contribution in [3.8, 4) is 5.75 Å². The molecule has 3 rings (SSSR count). The van der Waals surface area contributed by atoms with Gasteiger partial charge in [-0.25, -0.2) is 9.97 Å². The minimum absolute atomic E-state index is 0.0854. The van der Waals surface area contributed by atoms with Crippen molar-refractivity contribution in [3.63, 3.8) is 0 Å². The van der Waals surface area contributed by atoms with Gasteiger partial charge in [0.1, 0.15) is 21.9 Å². The molecule has 0 aliphatic heterocycles. The summed E-state index contributed by atoms with van der Waals surface area (Å²) in [6.45, 7) is 3.93. The third kappa shape index (κ3) is 3.85. The Morgan fingerprint density at radius 1 is 1.29 bits per heavy atom. The second kappa shape index (κ2) is 7.19. The van der Waals surface area contributed by atoms with Crippen molar-refractivity contribution < 1.29 is 9.90 Å². The fourth-order valence-corrected chi connectivity index (χ4v) is 4.10. The zero-order chi connectivity index (χ0) is 17.1. The third-order valence-corrected chi connectivity index (χ3v) is 5.38. The number of hydrogen-bond acceptors (Lipinski definition) is 6. The lowest BCUT2D eigenvalue weighted by atomic mass is 10.2. The van der Waals surface area contributed by atoms with Crippen molar-refractivity contribution in [2.45, 2.75) is 25.3 Å². The summed E-state index contributed by atoms with van der Waals surface area (Å²) in [7, 11) is 0. The highest BCUT2D eigenvalue weighted by Gasteiger charge is 2.10. The number of hydrogen-bond donors (Lipinski definition) is 2. The van der Waals surface area contributed by atoms with Gasteiger partial charge in [-0.05, 0) is 37.6 Å². The molecule has 0 saturated carbocycles. The minimum atomic E-state index is -0.131. The van der Waals surface area contributed by atoms with Crippen LogP contribution >= 0.6 is 23.1 Å². The molecule has 5 nitrogen and oxygen atoms in total. The molecule has 0 aliphatic rings. The topological polar surface area (TPSA) is 75.1 Å². The predicted molar refractivity (Wildman–Crippen MR) is 99.0 cm³/mol. The van der Waals surface area contributed by atoms with E-state index in [0.717, 1.165) is 20.8 Å². The molecule has 0 radical (unpaired) electrons. The molecule has 0 atom stereocenters. The first-order valence-electron chi connectivity index (χ1n) is 7.46. The molecule has 2 N–H and O–H groups in total. The third-order valence-electron chi connectivity index (χ3n) is 3.41. The molecular weight excluding hydrogens is 342 g/mol. The summed E-state index contributed by atoms with van der Waals surface area (Å²) in [5.74, 6) is 0.565. The van der Waals surface area contributed by atoms with Gasteiger partial charge in [-0.1, -0.05) is 6.07 Å². The molecular formula is C17H17N3O2S2. The average molecular weight is 359 g/mol. The zero-order valence-electron chi connectivity index (χ0n) is 13.4. The smallest absolute Gasteiger partial charge is 0.225 e. The molecule has 24 heavy (non-hydrogen) atoms. The zero-order valence-corrected chi connectivity index (χ0v) is 15.0. The van der Waals surface area contributed by atoms with E-state index in [1.165, 1.54) is 4.88 Å². The number of phenols is 1. The van der Waals surface area contributed by atoms with Gasteiger partial charge < -0.3 is 10.4 Å². The van der Waals surface area contributed by atoms with Gasteiger partial charge in [-0.2, -0.15) is 0 Å². The number of aromatic nitrogens is 2. The Kier molecular flexibility index (Phi) is 5.01. The minimum Gasteiger partial charge on any atom is -0.506 e. The molecule has 0 bridgehead atoms. The Balaban J connectivity index is 1.58. The van der Waals surface area contributed by atoms with E-state index >= 15 is 0 Å². The van der Waals surface area contributed by atoms with Gasteiger partial charge >= 0.3 is 0 Å². The van der Waals surface area contributed by atoms with Crippen LogP contribution in [0.1, 0.15) is 16.9 Å². The number of benzene rings is 1. The van der Waals surface area contributed by atoms with Gasteiger partial charge in [0, 0.05) is 22.4 Å². The maximum Gasteiger partial charge on any atom is 0.225 e. The van der Waals surface area contributed by atoms with Crippen LogP contribution in [-0.2, 0) is 4.79 Å². The number of anilines is 1. The molecule has 0 spiro atoms. The van der Waals surface area contributed by atoms with Gasteiger partial charge in [0.05, 0.1) is 5.69 Å². The Hall–Kier alpha value is -2.12. The first-order chi connectivity index (χ1) is 11.5. The highest BCUT2D eigenvalue weighted by Crippen LogP contribution is 2.30. The Labute approximate surface area is 148 Å². The van der Waals surface area contributed by atoms with Crippen molar-refractivity contribution in [1.29, 1.82) is 0 Å². The van der Waals surface area contributed by atoms with E-state index in [4.69, 9.17) is 0 Å². The van der Waals surface area contributed by atoms with E-state index in [1.54, 1.807) is 41.6 Å². The molecule has 2 heterocycles. The Bertz CT molecular complexity index is 893. The van der Waals surface area contributed by atoms with E-state index in [2.05, 4.69) is 21.4 Å². The van der Waals surface area contributed by atoms with Crippen LogP contribution in [0.25, 0.3) is 10.2 Å². The van der Waals surface area contributed by atoms with Crippen LogP contribution in [-0.4, -0.2) is 26.7 Å². The number of thiophene rings is 1. The van der Waals surface area contributed by atoms with Crippen LogP contribution in [0.5, 0.6) is 5.75 Å². The maximum absolute atomic E-state index is 12.0. The first kappa shape index (κ1) is 16.7. The maximum atomic E-state index is 12.0. The van der Waals surface area contributed by atoms with Crippen molar-refractivity contribution in [2.75, 3.05) is 11.1 Å². The van der Waals surface area contributed by atoms with Crippen LogP contribution in [0.4, 0.5) is 5.69 Å². The summed E-state index contributed by atoms with van der Waals surface area (Å²) < 4.78 is 0. The molecule has 0 aliphatic carbocycles. The molecule has 1 amide bonds. The summed E-state index contributed by atoms with van der Waals surface area (Å²) in [4.78, 5) is 22.8. The second-order valence-electron chi connectivity index (χ2n) is 5.42. The van der Waals surface area contributed by atoms with Crippen molar-refractivity contribution in [2.24, 2.45) is 0 Å². The highest BCUT2D eigenvalue weighted by molar-refractivity contribution is 7.99. The van der Waals surface area contributed by atoms with Crippen molar-refractivity contribution >= 4 is 44.9 Å². The summed E-state index contributed by atoms with van der Waals surface area (Å²) in [5.41, 5.74) is 1.38. The normalized spacial score (nSPS) is 10.9. The lowest BCUT2D eigenvalue weighted by Gasteiger charge is -2.08. The number of carbonyl (C=O) groups excluding carboxylic acids is 1. The van der Waals surface area contributed by atoms with Crippen LogP contribution in [0.15, 0.2) is 35.6 Å². The number of phenolic OH excluding ortho intramolecular Hbond substituents is 1. The number of amides is 1. The fourth-order valence-electron chi connectivity index (χ4n) is 2.27. The lowest BCUT2D eigenvalue weighted by molar-refractivity contribution is -0.115. The predicted octanol–water partition coefficient (Wildman–Crippen LogP) is 4.13. The average Bonchev–Trinajstić information content (AvgIpc) is 2.91. The van der Waals surface area contributed by atoms with Gasteiger partial charge in [0.25, 0.3) is 0 Å². The molecule has 124 valence electrons. The van der Waals surface area contributed by atoms with Crippen molar-refractivity contribution in [1.82, 2.24) is 9.97 Å². The Morgan fingerprint density at radius 3 is 2.92 bits per heavy atom. The monoisotopic (exact) mass is 359 g/mol. The second-order valence-corrected chi connectivity index (χ2v) is 7.74. The summed E-state index contributed by atoms with van der Waals surface area (Å²) in [6, 6.07) is 7.26. The van der Waals surface area contributed by atoms with E-state index in [0.29, 0.717) is 17.9 Å². The molecule has 3 aromatic rings. The summed E-state index contributed by atoms with van der Waals surface area (Å²) in [5, 5.41) is 14.5. The van der Waals surface area contributed by atoms with Gasteiger partial charge in [-0.3, -0.25) is 4.79 Å². The number of rotatable bonds is 5. The molecule has 2 aromatic heterocycles. The molecule has 0 saturated heterocycles. The van der Waals surface area contributed by atoms with E-state index in [-0.39, 0.29) is 11.7 Å². The molecule has 0 unspecified atom stereocenters. The van der Waals surface area contributed by atoms with Crippen LogP contribution in [0.3, 0.4) is 0 Å². The number of aryl methyl sites for hydroxylation is 2. The lowest BCUT2D eigenvalue weighted by Crippen LogP contribution is -2.12. The number of nitrogens with zero attached hydrogens (tertiary/aromatic N) is 2. The quantitative estimate of drug-likeness (QED) is 0.407. The van der Waals surface area contributed by atoms with Crippen LogP contribution in [0, 0.1) is 13.8 Å². The standard InChI is InChI=1S/C17H17N3O2S2/c1-10-3-4-13(14(21)7-10)20-15(22)5-6-23-16-12-8-11(2)24-17(12)19-9-18-16/h3-4,7-9,21H,5-6H2,1-2H3,(H,20,22). The van der Waals surface area contributed by atoms with E-state index < -0.39 is 0 Å². The van der Waals surface area contributed by atoms with E-state index in [9.17, 15) is 9.90 Å². The number of thioether (sulfide) groups is 1. The first-order valence-corrected chi connectivity index (χ1v) is 9.26. The number of aromatic hydroxyl groups is 1. The molecule has 7 heteroatoms. The highest BCUT2D eigenvalue weighted by atomic mass is 32.2. The molecule has 0 fully saturated rings. The number of fused-ring (bicyclic) bond motifs is 1. The number of carbonyl (C=O) groups is 1. The van der Waals surface area contributed by atoms with Gasteiger partial charge in [0.15, 0.2) is 0 Å². The van der Waals surface area contributed by atoms with Crippen LogP contribution < -0.4 is 5.32 Å². The SMILES string of the molecule is Cc1ccc(NC(=O)CCSc2ncnc3sc(C)cc23)c(O)c1. The number of nitrogens with one attached hydrogen (secondary N) is 1.